The molecule has 0 unspecified atom stereocenters. The molecule has 0 saturated heterocycles. The quantitative estimate of drug-likeness (QED) is 0.533. The van der Waals surface area contributed by atoms with Crippen LogP contribution in [0, 0.1) is 12.7 Å². The van der Waals surface area contributed by atoms with Crippen molar-refractivity contribution in [1.29, 1.82) is 0 Å². The van der Waals surface area contributed by atoms with Crippen LogP contribution in [0.2, 0.25) is 5.02 Å². The highest BCUT2D eigenvalue weighted by atomic mass is 35.5. The smallest absolute Gasteiger partial charge is 0.263 e. The first-order chi connectivity index (χ1) is 14.3. The number of carbonyl (C=O) groups excluding carboxylic acids is 2. The van der Waals surface area contributed by atoms with Gasteiger partial charge in [0, 0.05) is 23.1 Å². The number of Topliss-reactive ketones (excluding diaryl/α,β-unsaturated/α-hetero) is 1. The summed E-state index contributed by atoms with van der Waals surface area (Å²) in [6.45, 7) is 3.69. The van der Waals surface area contributed by atoms with E-state index in [0.29, 0.717) is 45.3 Å². The lowest BCUT2D eigenvalue weighted by molar-refractivity contribution is 0.0937. The number of nitrogens with one attached hydrogen (secondary N) is 1. The standard InChI is InChI=1S/C23H19ClFNO3S/c1-12-7-15-9-16(11-26-23(28)22-19(24)5-6-30-22)29-21(15)18(8-12)17-10-14(13(2)27)3-4-20(17)25/h3-8,10,16H,9,11H2,1-2H3,(H,26,28)/t16-/m1/s1. The van der Waals surface area contributed by atoms with Crippen molar-refractivity contribution in [2.45, 2.75) is 26.4 Å². The highest BCUT2D eigenvalue weighted by Gasteiger charge is 2.28. The van der Waals surface area contributed by atoms with Gasteiger partial charge in [0.25, 0.3) is 5.91 Å². The summed E-state index contributed by atoms with van der Waals surface area (Å²) in [7, 11) is 0. The van der Waals surface area contributed by atoms with Gasteiger partial charge in [0.15, 0.2) is 5.78 Å². The molecule has 1 aliphatic rings. The summed E-state index contributed by atoms with van der Waals surface area (Å²) < 4.78 is 20.7. The first kappa shape index (κ1) is 20.6. The van der Waals surface area contributed by atoms with Crippen molar-refractivity contribution >= 4 is 34.6 Å². The van der Waals surface area contributed by atoms with Crippen LogP contribution in [0.15, 0.2) is 41.8 Å². The predicted molar refractivity (Wildman–Crippen MR) is 116 cm³/mol. The van der Waals surface area contributed by atoms with Gasteiger partial charge in [-0.3, -0.25) is 9.59 Å². The van der Waals surface area contributed by atoms with Crippen molar-refractivity contribution in [2.24, 2.45) is 0 Å². The van der Waals surface area contributed by atoms with E-state index in [1.807, 2.05) is 19.1 Å². The van der Waals surface area contributed by atoms with E-state index in [0.717, 1.165) is 11.1 Å². The van der Waals surface area contributed by atoms with Crippen molar-refractivity contribution in [3.05, 3.63) is 74.2 Å². The van der Waals surface area contributed by atoms with Gasteiger partial charge in [-0.1, -0.05) is 17.7 Å². The fourth-order valence-electron chi connectivity index (χ4n) is 3.60. The molecule has 1 N–H and O–H groups in total. The predicted octanol–water partition coefficient (Wildman–Crippen LogP) is 5.45. The van der Waals surface area contributed by atoms with Crippen LogP contribution in [0.4, 0.5) is 4.39 Å². The van der Waals surface area contributed by atoms with Gasteiger partial charge in [-0.15, -0.1) is 11.3 Å². The lowest BCUT2D eigenvalue weighted by Crippen LogP contribution is -2.34. The van der Waals surface area contributed by atoms with E-state index < -0.39 is 5.82 Å². The number of fused-ring (bicyclic) bond motifs is 1. The van der Waals surface area contributed by atoms with Crippen LogP contribution in [-0.2, 0) is 6.42 Å². The van der Waals surface area contributed by atoms with Crippen molar-refractivity contribution in [2.75, 3.05) is 6.54 Å². The molecule has 0 aliphatic carbocycles. The van der Waals surface area contributed by atoms with Crippen LogP contribution < -0.4 is 10.1 Å². The van der Waals surface area contributed by atoms with E-state index >= 15 is 0 Å². The number of carbonyl (C=O) groups is 2. The van der Waals surface area contributed by atoms with Gasteiger partial charge in [-0.05, 0) is 60.7 Å². The number of halogens is 2. The molecule has 0 fully saturated rings. The summed E-state index contributed by atoms with van der Waals surface area (Å²) in [5, 5.41) is 5.04. The highest BCUT2D eigenvalue weighted by molar-refractivity contribution is 7.12. The highest BCUT2D eigenvalue weighted by Crippen LogP contribution is 2.41. The molecule has 0 spiro atoms. The SMILES string of the molecule is CC(=O)c1ccc(F)c(-c2cc(C)cc3c2O[C@@H](CNC(=O)c2sccc2Cl)C3)c1. The molecular formula is C23H19ClFNO3S. The summed E-state index contributed by atoms with van der Waals surface area (Å²) in [4.78, 5) is 24.5. The number of hydrogen-bond acceptors (Lipinski definition) is 4. The topological polar surface area (TPSA) is 55.4 Å². The summed E-state index contributed by atoms with van der Waals surface area (Å²) in [6, 6.07) is 9.88. The molecule has 3 aromatic rings. The van der Waals surface area contributed by atoms with Crippen molar-refractivity contribution in [1.82, 2.24) is 5.32 Å². The van der Waals surface area contributed by atoms with Crippen LogP contribution in [-0.4, -0.2) is 24.3 Å². The first-order valence-electron chi connectivity index (χ1n) is 9.45. The molecule has 1 amide bonds. The Kier molecular flexibility index (Phi) is 5.62. The molecule has 0 bridgehead atoms. The molecule has 0 radical (unpaired) electrons. The van der Waals surface area contributed by atoms with Crippen molar-refractivity contribution in [3.63, 3.8) is 0 Å². The molecule has 4 nitrogen and oxygen atoms in total. The summed E-state index contributed by atoms with van der Waals surface area (Å²) in [6.07, 6.45) is 0.318. The lowest BCUT2D eigenvalue weighted by atomic mass is 9.95. The second-order valence-electron chi connectivity index (χ2n) is 7.30. The lowest BCUT2D eigenvalue weighted by Gasteiger charge is -2.14. The van der Waals surface area contributed by atoms with E-state index in [1.165, 1.54) is 30.4 Å². The van der Waals surface area contributed by atoms with Crippen LogP contribution in [0.25, 0.3) is 11.1 Å². The molecule has 1 aliphatic heterocycles. The number of hydrogen-bond donors (Lipinski definition) is 1. The molecule has 2 aromatic carbocycles. The Morgan fingerprint density at radius 2 is 2.03 bits per heavy atom. The number of ether oxygens (including phenoxy) is 1. The molecule has 2 heterocycles. The summed E-state index contributed by atoms with van der Waals surface area (Å²) in [5.41, 5.74) is 3.30. The average Bonchev–Trinajstić information content (AvgIpc) is 3.31. The van der Waals surface area contributed by atoms with Crippen LogP contribution >= 0.6 is 22.9 Å². The Morgan fingerprint density at radius 1 is 1.23 bits per heavy atom. The normalized spacial score (nSPS) is 14.9. The fourth-order valence-corrected chi connectivity index (χ4v) is 4.66. The Balaban J connectivity index is 1.58. The maximum absolute atomic E-state index is 14.6. The monoisotopic (exact) mass is 443 g/mol. The third-order valence-electron chi connectivity index (χ3n) is 5.02. The molecular weight excluding hydrogens is 425 g/mol. The van der Waals surface area contributed by atoms with E-state index in [4.69, 9.17) is 16.3 Å². The van der Waals surface area contributed by atoms with Gasteiger partial charge in [-0.25, -0.2) is 4.39 Å². The van der Waals surface area contributed by atoms with Crippen molar-refractivity contribution < 1.29 is 18.7 Å². The van der Waals surface area contributed by atoms with Crippen LogP contribution in [0.5, 0.6) is 5.75 Å². The second-order valence-corrected chi connectivity index (χ2v) is 8.63. The Morgan fingerprint density at radius 3 is 2.73 bits per heavy atom. The minimum Gasteiger partial charge on any atom is -0.487 e. The minimum absolute atomic E-state index is 0.130. The fraction of sp³-hybridized carbons (Fsp3) is 0.217. The number of rotatable bonds is 5. The molecule has 1 aromatic heterocycles. The van der Waals surface area contributed by atoms with E-state index in [-0.39, 0.29) is 17.8 Å². The number of aryl methyl sites for hydroxylation is 1. The van der Waals surface area contributed by atoms with Crippen LogP contribution in [0.1, 0.15) is 38.1 Å². The zero-order valence-corrected chi connectivity index (χ0v) is 18.0. The number of thiophene rings is 1. The summed E-state index contributed by atoms with van der Waals surface area (Å²) in [5.74, 6) is -0.199. The minimum atomic E-state index is -0.416. The van der Waals surface area contributed by atoms with Crippen LogP contribution in [0.3, 0.4) is 0 Å². The van der Waals surface area contributed by atoms with Gasteiger partial charge in [-0.2, -0.15) is 0 Å². The first-order valence-corrected chi connectivity index (χ1v) is 10.7. The van der Waals surface area contributed by atoms with Gasteiger partial charge < -0.3 is 10.1 Å². The second kappa shape index (κ2) is 8.20. The van der Waals surface area contributed by atoms with E-state index in [2.05, 4.69) is 5.32 Å². The van der Waals surface area contributed by atoms with Gasteiger partial charge in [0.2, 0.25) is 0 Å². The van der Waals surface area contributed by atoms with E-state index in [1.54, 1.807) is 17.5 Å². The number of benzene rings is 2. The molecule has 1 atom stereocenters. The Bertz CT molecular complexity index is 1160. The average molecular weight is 444 g/mol. The molecule has 4 rings (SSSR count). The maximum Gasteiger partial charge on any atom is 0.263 e. The van der Waals surface area contributed by atoms with Crippen molar-refractivity contribution in [3.8, 4) is 16.9 Å². The number of ketones is 1. The summed E-state index contributed by atoms with van der Waals surface area (Å²) >= 11 is 7.30. The zero-order valence-electron chi connectivity index (χ0n) is 16.4. The Labute approximate surface area is 182 Å². The Hall–Kier alpha value is -2.70. The molecule has 0 saturated carbocycles. The molecule has 7 heteroatoms. The van der Waals surface area contributed by atoms with Gasteiger partial charge >= 0.3 is 0 Å². The van der Waals surface area contributed by atoms with Gasteiger partial charge in [0.05, 0.1) is 11.6 Å². The molecule has 154 valence electrons. The van der Waals surface area contributed by atoms with Gasteiger partial charge in [0.1, 0.15) is 22.5 Å². The van der Waals surface area contributed by atoms with E-state index in [9.17, 15) is 14.0 Å². The largest absolute Gasteiger partial charge is 0.487 e. The third-order valence-corrected chi connectivity index (χ3v) is 6.36. The number of amides is 1. The maximum atomic E-state index is 14.6. The molecule has 30 heavy (non-hydrogen) atoms. The third kappa shape index (κ3) is 3.98. The zero-order chi connectivity index (χ0) is 21.4.